The van der Waals surface area contributed by atoms with E-state index in [1.165, 1.54) is 24.5 Å². The van der Waals surface area contributed by atoms with Gasteiger partial charge in [-0.1, -0.05) is 12.1 Å². The van der Waals surface area contributed by atoms with Crippen LogP contribution in [0.4, 0.5) is 27.6 Å². The van der Waals surface area contributed by atoms with Crippen LogP contribution < -0.4 is 5.32 Å². The summed E-state index contributed by atoms with van der Waals surface area (Å²) < 4.78 is 74.2. The molecule has 3 heterocycles. The van der Waals surface area contributed by atoms with Crippen LogP contribution in [0.1, 0.15) is 48.8 Å². The molecule has 5 rings (SSSR count). The molecule has 1 aliphatic carbocycles. The lowest BCUT2D eigenvalue weighted by Crippen LogP contribution is -2.35. The fraction of sp³-hybridized carbons (Fsp3) is 0.292. The standard InChI is InChI=1S/C24H19F5N4O2/c1-23(2-4-24(28,29)5-3-23)21-16(27)6-12(10-31-21)20-9-18(33-35-20)22(34)32-19-11-30-17-8-15(26)14(25)7-13(17)19/h6-11,30H,2-5H2,1H3,(H,32,34). The maximum absolute atomic E-state index is 14.9. The molecule has 0 radical (unpaired) electrons. The van der Waals surface area contributed by atoms with Gasteiger partial charge in [-0.2, -0.15) is 0 Å². The molecule has 1 aliphatic rings. The molecule has 3 aromatic heterocycles. The molecule has 6 nitrogen and oxygen atoms in total. The Bertz CT molecular complexity index is 1440. The summed E-state index contributed by atoms with van der Waals surface area (Å²) in [6.45, 7) is 1.72. The summed E-state index contributed by atoms with van der Waals surface area (Å²) in [6, 6.07) is 4.37. The number of carbonyl (C=O) groups excluding carboxylic acids is 1. The molecule has 1 amide bonds. The van der Waals surface area contributed by atoms with Crippen molar-refractivity contribution in [3.63, 3.8) is 0 Å². The van der Waals surface area contributed by atoms with Crippen molar-refractivity contribution in [3.05, 3.63) is 65.5 Å². The molecule has 0 aliphatic heterocycles. The van der Waals surface area contributed by atoms with Crippen molar-refractivity contribution in [2.45, 2.75) is 43.9 Å². The van der Waals surface area contributed by atoms with Gasteiger partial charge in [0.2, 0.25) is 5.92 Å². The second-order valence-electron chi connectivity index (χ2n) is 9.02. The molecule has 0 bridgehead atoms. The lowest BCUT2D eigenvalue weighted by atomic mass is 9.71. The first-order valence-electron chi connectivity index (χ1n) is 10.8. The Morgan fingerprint density at radius 3 is 2.46 bits per heavy atom. The van der Waals surface area contributed by atoms with Crippen LogP contribution in [0, 0.1) is 17.5 Å². The van der Waals surface area contributed by atoms with E-state index in [9.17, 15) is 26.7 Å². The molecule has 1 aromatic carbocycles. The molecule has 1 fully saturated rings. The number of pyridine rings is 1. The zero-order valence-electron chi connectivity index (χ0n) is 18.4. The number of alkyl halides is 2. The number of amides is 1. The van der Waals surface area contributed by atoms with Crippen molar-refractivity contribution in [3.8, 4) is 11.3 Å². The van der Waals surface area contributed by atoms with Crippen LogP contribution in [0.2, 0.25) is 0 Å². The quantitative estimate of drug-likeness (QED) is 0.327. The number of aromatic amines is 1. The summed E-state index contributed by atoms with van der Waals surface area (Å²) in [5.74, 6) is -6.12. The molecule has 0 unspecified atom stereocenters. The lowest BCUT2D eigenvalue weighted by molar-refractivity contribution is -0.0506. The SMILES string of the molecule is CC1(c2ncc(-c3cc(C(=O)Nc4c[nH]c5cc(F)c(F)cc45)no3)cc2F)CCC(F)(F)CC1. The Morgan fingerprint density at radius 1 is 1.03 bits per heavy atom. The van der Waals surface area contributed by atoms with E-state index in [0.717, 1.165) is 12.1 Å². The van der Waals surface area contributed by atoms with Crippen molar-refractivity contribution >= 4 is 22.5 Å². The first-order valence-corrected chi connectivity index (χ1v) is 10.8. The van der Waals surface area contributed by atoms with Gasteiger partial charge in [0.25, 0.3) is 5.91 Å². The Labute approximate surface area is 195 Å². The van der Waals surface area contributed by atoms with Gasteiger partial charge in [0.1, 0.15) is 5.82 Å². The number of carbonyl (C=O) groups is 1. The smallest absolute Gasteiger partial charge is 0.277 e. The largest absolute Gasteiger partial charge is 0.359 e. The molecule has 35 heavy (non-hydrogen) atoms. The Balaban J connectivity index is 1.34. The number of nitrogens with zero attached hydrogens (tertiary/aromatic N) is 2. The Hall–Kier alpha value is -3.76. The van der Waals surface area contributed by atoms with Gasteiger partial charge in [0, 0.05) is 53.7 Å². The fourth-order valence-electron chi connectivity index (χ4n) is 4.35. The molecule has 0 atom stereocenters. The van der Waals surface area contributed by atoms with E-state index >= 15 is 0 Å². The van der Waals surface area contributed by atoms with Crippen LogP contribution in [0.15, 0.2) is 41.2 Å². The van der Waals surface area contributed by atoms with Gasteiger partial charge in [0.05, 0.1) is 16.9 Å². The number of hydrogen-bond acceptors (Lipinski definition) is 4. The lowest BCUT2D eigenvalue weighted by Gasteiger charge is -2.36. The van der Waals surface area contributed by atoms with Gasteiger partial charge in [-0.3, -0.25) is 9.78 Å². The van der Waals surface area contributed by atoms with E-state index in [1.54, 1.807) is 6.92 Å². The van der Waals surface area contributed by atoms with Crippen LogP contribution in [-0.4, -0.2) is 27.0 Å². The predicted octanol–water partition coefficient (Wildman–Crippen LogP) is 6.35. The molecule has 182 valence electrons. The third-order valence-electron chi connectivity index (χ3n) is 6.50. The van der Waals surface area contributed by atoms with Crippen molar-refractivity contribution in [2.24, 2.45) is 0 Å². The minimum atomic E-state index is -2.75. The molecule has 0 spiro atoms. The average Bonchev–Trinajstić information content (AvgIpc) is 3.44. The number of fused-ring (bicyclic) bond motifs is 1. The summed E-state index contributed by atoms with van der Waals surface area (Å²) in [5.41, 5.74) is -0.125. The monoisotopic (exact) mass is 490 g/mol. The number of rotatable bonds is 4. The molecule has 2 N–H and O–H groups in total. The molecular formula is C24H19F5N4O2. The highest BCUT2D eigenvalue weighted by Crippen LogP contribution is 2.45. The fourth-order valence-corrected chi connectivity index (χ4v) is 4.35. The third kappa shape index (κ3) is 4.26. The summed E-state index contributed by atoms with van der Waals surface area (Å²) >= 11 is 0. The number of anilines is 1. The Kier molecular flexibility index (Phi) is 5.37. The maximum Gasteiger partial charge on any atom is 0.277 e. The van der Waals surface area contributed by atoms with E-state index in [0.29, 0.717) is 0 Å². The number of nitrogens with one attached hydrogen (secondary N) is 2. The van der Waals surface area contributed by atoms with E-state index in [-0.39, 0.29) is 65.0 Å². The topological polar surface area (TPSA) is 83.8 Å². The minimum absolute atomic E-state index is 0.0699. The van der Waals surface area contributed by atoms with Crippen LogP contribution in [-0.2, 0) is 5.41 Å². The first kappa shape index (κ1) is 23.0. The number of halogens is 5. The number of aromatic nitrogens is 3. The predicted molar refractivity (Wildman–Crippen MR) is 117 cm³/mol. The summed E-state index contributed by atoms with van der Waals surface area (Å²) in [5, 5.41) is 6.49. The van der Waals surface area contributed by atoms with E-state index in [4.69, 9.17) is 4.52 Å². The van der Waals surface area contributed by atoms with Crippen molar-refractivity contribution in [1.29, 1.82) is 0 Å². The van der Waals surface area contributed by atoms with Gasteiger partial charge in [-0.15, -0.1) is 0 Å². The highest BCUT2D eigenvalue weighted by atomic mass is 19.3. The second-order valence-corrected chi connectivity index (χ2v) is 9.02. The second kappa shape index (κ2) is 8.17. The van der Waals surface area contributed by atoms with Gasteiger partial charge < -0.3 is 14.8 Å². The normalized spacial score (nSPS) is 17.0. The van der Waals surface area contributed by atoms with Crippen LogP contribution in [0.25, 0.3) is 22.2 Å². The van der Waals surface area contributed by atoms with Gasteiger partial charge >= 0.3 is 0 Å². The number of benzene rings is 1. The zero-order chi connectivity index (χ0) is 25.0. The molecule has 4 aromatic rings. The highest BCUT2D eigenvalue weighted by molar-refractivity contribution is 6.08. The van der Waals surface area contributed by atoms with Crippen LogP contribution >= 0.6 is 0 Å². The van der Waals surface area contributed by atoms with Crippen LogP contribution in [0.5, 0.6) is 0 Å². The van der Waals surface area contributed by atoms with Crippen LogP contribution in [0.3, 0.4) is 0 Å². The first-order chi connectivity index (χ1) is 16.5. The van der Waals surface area contributed by atoms with Gasteiger partial charge in [-0.05, 0) is 25.0 Å². The minimum Gasteiger partial charge on any atom is -0.359 e. The van der Waals surface area contributed by atoms with E-state index in [1.807, 2.05) is 0 Å². The average molecular weight is 490 g/mol. The summed E-state index contributed by atoms with van der Waals surface area (Å²) in [7, 11) is 0. The third-order valence-corrected chi connectivity index (χ3v) is 6.50. The zero-order valence-corrected chi connectivity index (χ0v) is 18.4. The van der Waals surface area contributed by atoms with Gasteiger partial charge in [0.15, 0.2) is 23.1 Å². The highest BCUT2D eigenvalue weighted by Gasteiger charge is 2.43. The van der Waals surface area contributed by atoms with Gasteiger partial charge in [-0.25, -0.2) is 22.0 Å². The summed E-state index contributed by atoms with van der Waals surface area (Å²) in [4.78, 5) is 19.5. The maximum atomic E-state index is 14.9. The van der Waals surface area contributed by atoms with Crippen molar-refractivity contribution in [2.75, 3.05) is 5.32 Å². The molecule has 0 saturated heterocycles. The van der Waals surface area contributed by atoms with E-state index in [2.05, 4.69) is 20.4 Å². The van der Waals surface area contributed by atoms with Crippen molar-refractivity contribution in [1.82, 2.24) is 15.1 Å². The van der Waals surface area contributed by atoms with E-state index < -0.39 is 34.7 Å². The Morgan fingerprint density at radius 2 is 1.74 bits per heavy atom. The van der Waals surface area contributed by atoms with Crippen molar-refractivity contribution < 1.29 is 31.3 Å². The molecule has 1 saturated carbocycles. The molecule has 11 heteroatoms. The summed E-state index contributed by atoms with van der Waals surface area (Å²) in [6.07, 6.45) is 2.29. The molecular weight excluding hydrogens is 471 g/mol. The number of H-pyrrole nitrogens is 1. The number of hydrogen-bond donors (Lipinski definition) is 2.